The van der Waals surface area contributed by atoms with Crippen molar-refractivity contribution in [2.24, 2.45) is 10.4 Å². The standard InChI is InChI=1S/C19H36N4O3/c1-23(2)17(24)14-21-18(20-13-16-7-6-11-26-16)22-15-19(10-12-25-3)8-4-5-9-19/h16H,4-15H2,1-3H3,(H2,20,21,22). The predicted octanol–water partition coefficient (Wildman–Crippen LogP) is 1.39. The van der Waals surface area contributed by atoms with E-state index in [4.69, 9.17) is 9.47 Å². The van der Waals surface area contributed by atoms with Crippen LogP contribution in [0.2, 0.25) is 0 Å². The third kappa shape index (κ3) is 6.76. The van der Waals surface area contributed by atoms with E-state index in [2.05, 4.69) is 15.6 Å². The van der Waals surface area contributed by atoms with Crippen molar-refractivity contribution in [1.29, 1.82) is 0 Å². The van der Waals surface area contributed by atoms with Crippen LogP contribution in [-0.2, 0) is 14.3 Å². The Morgan fingerprint density at radius 1 is 1.27 bits per heavy atom. The smallest absolute Gasteiger partial charge is 0.243 e. The number of guanidine groups is 1. The SMILES string of the molecule is COCCC1(CNC(=NCC(=O)N(C)C)NCC2CCCO2)CCCC1. The highest BCUT2D eigenvalue weighted by atomic mass is 16.5. The molecular weight excluding hydrogens is 332 g/mol. The normalized spacial score (nSPS) is 22.4. The van der Waals surface area contributed by atoms with E-state index >= 15 is 0 Å². The fourth-order valence-corrected chi connectivity index (χ4v) is 3.71. The second-order valence-electron chi connectivity index (χ2n) is 7.77. The molecule has 2 N–H and O–H groups in total. The van der Waals surface area contributed by atoms with Crippen LogP contribution >= 0.6 is 0 Å². The number of ether oxygens (including phenoxy) is 2. The molecule has 1 unspecified atom stereocenters. The first kappa shape index (κ1) is 21.0. The van der Waals surface area contributed by atoms with E-state index in [9.17, 15) is 4.79 Å². The number of nitrogens with zero attached hydrogens (tertiary/aromatic N) is 2. The molecule has 0 aromatic rings. The Hall–Kier alpha value is -1.34. The molecule has 150 valence electrons. The zero-order valence-corrected chi connectivity index (χ0v) is 16.7. The van der Waals surface area contributed by atoms with Crippen LogP contribution in [0.1, 0.15) is 44.9 Å². The minimum absolute atomic E-state index is 0.00169. The maximum Gasteiger partial charge on any atom is 0.243 e. The molecule has 0 bridgehead atoms. The van der Waals surface area contributed by atoms with Crippen LogP contribution in [0.4, 0.5) is 0 Å². The van der Waals surface area contributed by atoms with Gasteiger partial charge in [-0.3, -0.25) is 4.79 Å². The van der Waals surface area contributed by atoms with Crippen LogP contribution in [0.3, 0.4) is 0 Å². The highest BCUT2D eigenvalue weighted by molar-refractivity contribution is 5.84. The van der Waals surface area contributed by atoms with Gasteiger partial charge < -0.3 is 25.0 Å². The van der Waals surface area contributed by atoms with Crippen molar-refractivity contribution in [3.05, 3.63) is 0 Å². The van der Waals surface area contributed by atoms with Gasteiger partial charge in [0.25, 0.3) is 0 Å². The topological polar surface area (TPSA) is 75.2 Å². The number of nitrogens with one attached hydrogen (secondary N) is 2. The Morgan fingerprint density at radius 2 is 2.04 bits per heavy atom. The summed E-state index contributed by atoms with van der Waals surface area (Å²) in [6, 6.07) is 0. The van der Waals surface area contributed by atoms with E-state index in [1.807, 2.05) is 0 Å². The number of rotatable bonds is 9. The maximum absolute atomic E-state index is 11.9. The zero-order valence-electron chi connectivity index (χ0n) is 16.7. The highest BCUT2D eigenvalue weighted by Crippen LogP contribution is 2.40. The lowest BCUT2D eigenvalue weighted by Gasteiger charge is -2.30. The molecule has 0 aromatic carbocycles. The summed E-state index contributed by atoms with van der Waals surface area (Å²) in [5.41, 5.74) is 0.272. The summed E-state index contributed by atoms with van der Waals surface area (Å²) < 4.78 is 11.0. The molecule has 1 aliphatic carbocycles. The van der Waals surface area contributed by atoms with Crippen LogP contribution in [0, 0.1) is 5.41 Å². The largest absolute Gasteiger partial charge is 0.385 e. The summed E-state index contributed by atoms with van der Waals surface area (Å²) >= 11 is 0. The minimum Gasteiger partial charge on any atom is -0.385 e. The highest BCUT2D eigenvalue weighted by Gasteiger charge is 2.33. The Labute approximate surface area is 157 Å². The van der Waals surface area contributed by atoms with Crippen LogP contribution in [0.25, 0.3) is 0 Å². The second kappa shape index (κ2) is 10.7. The maximum atomic E-state index is 11.9. The predicted molar refractivity (Wildman–Crippen MR) is 103 cm³/mol. The number of amides is 1. The number of hydrogen-bond donors (Lipinski definition) is 2. The molecule has 1 saturated heterocycles. The number of likely N-dealkylation sites (N-methyl/N-ethyl adjacent to an activating group) is 1. The van der Waals surface area contributed by atoms with Crippen LogP contribution in [0.15, 0.2) is 4.99 Å². The summed E-state index contributed by atoms with van der Waals surface area (Å²) in [4.78, 5) is 18.0. The van der Waals surface area contributed by atoms with Crippen LogP contribution < -0.4 is 10.6 Å². The summed E-state index contributed by atoms with van der Waals surface area (Å²) in [6.07, 6.45) is 8.49. The van der Waals surface area contributed by atoms with Crippen molar-refractivity contribution in [2.75, 3.05) is 54.1 Å². The van der Waals surface area contributed by atoms with Crippen molar-refractivity contribution in [3.8, 4) is 0 Å². The number of aliphatic imine (C=N–C) groups is 1. The minimum atomic E-state index is -0.00169. The third-order valence-corrected chi connectivity index (χ3v) is 5.52. The molecule has 2 aliphatic rings. The quantitative estimate of drug-likeness (QED) is 0.475. The van der Waals surface area contributed by atoms with Crippen molar-refractivity contribution in [2.45, 2.75) is 51.0 Å². The van der Waals surface area contributed by atoms with Crippen molar-refractivity contribution in [1.82, 2.24) is 15.5 Å². The van der Waals surface area contributed by atoms with Gasteiger partial charge in [0.15, 0.2) is 5.96 Å². The fraction of sp³-hybridized carbons (Fsp3) is 0.895. The van der Waals surface area contributed by atoms with Crippen molar-refractivity contribution >= 4 is 11.9 Å². The van der Waals surface area contributed by atoms with E-state index < -0.39 is 0 Å². The molecule has 1 saturated carbocycles. The fourth-order valence-electron chi connectivity index (χ4n) is 3.71. The first-order valence-corrected chi connectivity index (χ1v) is 9.87. The molecule has 1 heterocycles. The van der Waals surface area contributed by atoms with Gasteiger partial charge in [-0.25, -0.2) is 4.99 Å². The Balaban J connectivity index is 1.92. The van der Waals surface area contributed by atoms with Crippen molar-refractivity contribution in [3.63, 3.8) is 0 Å². The molecule has 0 radical (unpaired) electrons. The summed E-state index contributed by atoms with van der Waals surface area (Å²) in [5.74, 6) is 0.706. The summed E-state index contributed by atoms with van der Waals surface area (Å²) in [7, 11) is 5.27. The van der Waals surface area contributed by atoms with E-state index in [0.29, 0.717) is 5.96 Å². The van der Waals surface area contributed by atoms with E-state index in [0.717, 1.165) is 45.6 Å². The van der Waals surface area contributed by atoms with Crippen LogP contribution in [-0.4, -0.2) is 76.9 Å². The number of hydrogen-bond acceptors (Lipinski definition) is 4. The van der Waals surface area contributed by atoms with Gasteiger partial charge >= 0.3 is 0 Å². The first-order valence-electron chi connectivity index (χ1n) is 9.87. The van der Waals surface area contributed by atoms with E-state index in [-0.39, 0.29) is 24.0 Å². The molecule has 1 aliphatic heterocycles. The molecule has 2 rings (SSSR count). The van der Waals surface area contributed by atoms with E-state index in [1.54, 1.807) is 26.1 Å². The van der Waals surface area contributed by atoms with Crippen LogP contribution in [0.5, 0.6) is 0 Å². The number of carbonyl (C=O) groups excluding carboxylic acids is 1. The zero-order chi connectivity index (χ0) is 18.8. The molecule has 1 amide bonds. The van der Waals surface area contributed by atoms with Crippen molar-refractivity contribution < 1.29 is 14.3 Å². The lowest BCUT2D eigenvalue weighted by molar-refractivity contribution is -0.127. The lowest BCUT2D eigenvalue weighted by atomic mass is 9.83. The Kier molecular flexibility index (Phi) is 8.65. The van der Waals surface area contributed by atoms with Gasteiger partial charge in [-0.2, -0.15) is 0 Å². The third-order valence-electron chi connectivity index (χ3n) is 5.52. The lowest BCUT2D eigenvalue weighted by Crippen LogP contribution is -2.46. The average molecular weight is 369 g/mol. The van der Waals surface area contributed by atoms with Gasteiger partial charge in [0, 0.05) is 47.5 Å². The van der Waals surface area contributed by atoms with Gasteiger partial charge in [-0.1, -0.05) is 12.8 Å². The molecule has 1 atom stereocenters. The van der Waals surface area contributed by atoms with Gasteiger partial charge in [-0.05, 0) is 37.5 Å². The average Bonchev–Trinajstić information content (AvgIpc) is 3.31. The first-order chi connectivity index (χ1) is 12.5. The monoisotopic (exact) mass is 368 g/mol. The van der Waals surface area contributed by atoms with E-state index in [1.165, 1.54) is 25.7 Å². The summed E-state index contributed by atoms with van der Waals surface area (Å²) in [5, 5.41) is 6.85. The molecule has 26 heavy (non-hydrogen) atoms. The molecular formula is C19H36N4O3. The molecule has 0 spiro atoms. The van der Waals surface area contributed by atoms with Gasteiger partial charge in [-0.15, -0.1) is 0 Å². The second-order valence-corrected chi connectivity index (χ2v) is 7.77. The molecule has 7 heteroatoms. The molecule has 0 aromatic heterocycles. The molecule has 7 nitrogen and oxygen atoms in total. The van der Waals surface area contributed by atoms with Gasteiger partial charge in [0.1, 0.15) is 6.54 Å². The Morgan fingerprint density at radius 3 is 2.65 bits per heavy atom. The van der Waals surface area contributed by atoms with Gasteiger partial charge in [0.05, 0.1) is 6.10 Å². The Bertz CT molecular complexity index is 456. The number of methoxy groups -OCH3 is 1. The number of carbonyl (C=O) groups is 1. The van der Waals surface area contributed by atoms with Gasteiger partial charge in [0.2, 0.25) is 5.91 Å². The summed E-state index contributed by atoms with van der Waals surface area (Å²) in [6.45, 7) is 3.37. The molecule has 2 fully saturated rings.